The van der Waals surface area contributed by atoms with E-state index in [4.69, 9.17) is 5.84 Å². The predicted molar refractivity (Wildman–Crippen MR) is 62.4 cm³/mol. The standard InChI is InChI=1S/C8H9N7OS/c1-4-14-15-8(17-4)12-7(16)5-2-10-3-6(11-5)13-9/h2-3H,9H2,1H3,(H,11,13)(H,12,15,16). The van der Waals surface area contributed by atoms with Crippen molar-refractivity contribution in [2.45, 2.75) is 6.92 Å². The quantitative estimate of drug-likeness (QED) is 0.525. The fraction of sp³-hybridized carbons (Fsp3) is 0.125. The molecule has 0 aromatic carbocycles. The van der Waals surface area contributed by atoms with Crippen LogP contribution < -0.4 is 16.6 Å². The SMILES string of the molecule is Cc1nnc(NC(=O)c2cncc(NN)n2)s1. The van der Waals surface area contributed by atoms with Crippen molar-refractivity contribution < 1.29 is 4.79 Å². The van der Waals surface area contributed by atoms with Gasteiger partial charge in [-0.1, -0.05) is 11.3 Å². The third-order valence-corrected chi connectivity index (χ3v) is 2.52. The zero-order valence-electron chi connectivity index (χ0n) is 8.84. The van der Waals surface area contributed by atoms with E-state index in [1.54, 1.807) is 6.92 Å². The monoisotopic (exact) mass is 251 g/mol. The summed E-state index contributed by atoms with van der Waals surface area (Å²) in [6, 6.07) is 0. The van der Waals surface area contributed by atoms with Crippen LogP contribution in [0.25, 0.3) is 0 Å². The lowest BCUT2D eigenvalue weighted by molar-refractivity contribution is 0.102. The van der Waals surface area contributed by atoms with Crippen LogP contribution in [0.15, 0.2) is 12.4 Å². The molecular weight excluding hydrogens is 242 g/mol. The third-order valence-electron chi connectivity index (χ3n) is 1.76. The molecular formula is C8H9N7OS. The molecule has 2 rings (SSSR count). The normalized spacial score (nSPS) is 10.0. The van der Waals surface area contributed by atoms with Crippen LogP contribution in [0.3, 0.4) is 0 Å². The molecule has 0 spiro atoms. The minimum Gasteiger partial charge on any atom is -0.307 e. The van der Waals surface area contributed by atoms with E-state index in [0.717, 1.165) is 5.01 Å². The number of hydrogen-bond acceptors (Lipinski definition) is 8. The molecule has 1 amide bonds. The van der Waals surface area contributed by atoms with Crippen molar-refractivity contribution in [3.8, 4) is 0 Å². The lowest BCUT2D eigenvalue weighted by Gasteiger charge is -2.02. The first-order valence-electron chi connectivity index (χ1n) is 4.59. The van der Waals surface area contributed by atoms with Crippen molar-refractivity contribution >= 4 is 28.2 Å². The number of anilines is 2. The molecule has 0 bridgehead atoms. The number of amides is 1. The summed E-state index contributed by atoms with van der Waals surface area (Å²) in [4.78, 5) is 19.5. The molecule has 0 aliphatic rings. The molecule has 2 aromatic rings. The van der Waals surface area contributed by atoms with E-state index in [2.05, 4.69) is 30.9 Å². The number of carbonyl (C=O) groups is 1. The summed E-state index contributed by atoms with van der Waals surface area (Å²) in [5.74, 6) is 5.07. The number of nitrogen functional groups attached to an aromatic ring is 1. The molecule has 8 nitrogen and oxygen atoms in total. The molecule has 0 saturated heterocycles. The summed E-state index contributed by atoms with van der Waals surface area (Å²) < 4.78 is 0. The zero-order chi connectivity index (χ0) is 12.3. The largest absolute Gasteiger partial charge is 0.307 e. The number of aryl methyl sites for hydroxylation is 1. The first-order chi connectivity index (χ1) is 8.19. The Kier molecular flexibility index (Phi) is 3.21. The smallest absolute Gasteiger partial charge is 0.277 e. The highest BCUT2D eigenvalue weighted by Gasteiger charge is 2.11. The summed E-state index contributed by atoms with van der Waals surface area (Å²) in [7, 11) is 0. The Morgan fingerprint density at radius 1 is 1.41 bits per heavy atom. The van der Waals surface area contributed by atoms with Gasteiger partial charge in [0.05, 0.1) is 12.4 Å². The Bertz CT molecular complexity index is 540. The highest BCUT2D eigenvalue weighted by atomic mass is 32.1. The van der Waals surface area contributed by atoms with Gasteiger partial charge >= 0.3 is 0 Å². The number of nitrogens with zero attached hydrogens (tertiary/aromatic N) is 4. The van der Waals surface area contributed by atoms with Gasteiger partial charge in [0.1, 0.15) is 10.7 Å². The highest BCUT2D eigenvalue weighted by Crippen LogP contribution is 2.14. The first-order valence-corrected chi connectivity index (χ1v) is 5.41. The molecule has 2 aromatic heterocycles. The van der Waals surface area contributed by atoms with E-state index >= 15 is 0 Å². The maximum Gasteiger partial charge on any atom is 0.277 e. The van der Waals surface area contributed by atoms with Gasteiger partial charge in [-0.05, 0) is 6.92 Å². The van der Waals surface area contributed by atoms with E-state index in [-0.39, 0.29) is 5.69 Å². The van der Waals surface area contributed by atoms with Gasteiger partial charge in [0.25, 0.3) is 5.91 Å². The molecule has 2 heterocycles. The number of nitrogens with two attached hydrogens (primary N) is 1. The van der Waals surface area contributed by atoms with Crippen molar-refractivity contribution in [3.63, 3.8) is 0 Å². The average molecular weight is 251 g/mol. The summed E-state index contributed by atoms with van der Waals surface area (Å²) in [6.45, 7) is 1.80. The van der Waals surface area contributed by atoms with Crippen LogP contribution in [-0.2, 0) is 0 Å². The number of aromatic nitrogens is 4. The van der Waals surface area contributed by atoms with Gasteiger partial charge in [0, 0.05) is 0 Å². The van der Waals surface area contributed by atoms with Crippen LogP contribution in [0.1, 0.15) is 15.5 Å². The first kappa shape index (κ1) is 11.4. The van der Waals surface area contributed by atoms with Crippen molar-refractivity contribution in [3.05, 3.63) is 23.1 Å². The van der Waals surface area contributed by atoms with Crippen molar-refractivity contribution in [2.24, 2.45) is 5.84 Å². The number of nitrogens with one attached hydrogen (secondary N) is 2. The number of hydrazine groups is 1. The van der Waals surface area contributed by atoms with E-state index in [1.807, 2.05) is 0 Å². The Morgan fingerprint density at radius 2 is 2.24 bits per heavy atom. The van der Waals surface area contributed by atoms with Crippen molar-refractivity contribution in [2.75, 3.05) is 10.7 Å². The topological polar surface area (TPSA) is 119 Å². The third kappa shape index (κ3) is 2.71. The molecule has 0 fully saturated rings. The van der Waals surface area contributed by atoms with Crippen LogP contribution in [0.4, 0.5) is 10.9 Å². The average Bonchev–Trinajstić information content (AvgIpc) is 2.75. The van der Waals surface area contributed by atoms with Gasteiger partial charge in [-0.2, -0.15) is 0 Å². The fourth-order valence-electron chi connectivity index (χ4n) is 1.05. The van der Waals surface area contributed by atoms with Gasteiger partial charge in [-0.3, -0.25) is 15.1 Å². The molecule has 88 valence electrons. The Hall–Kier alpha value is -2.13. The maximum atomic E-state index is 11.7. The Morgan fingerprint density at radius 3 is 2.88 bits per heavy atom. The maximum absolute atomic E-state index is 11.7. The highest BCUT2D eigenvalue weighted by molar-refractivity contribution is 7.15. The Balaban J connectivity index is 2.14. The molecule has 0 aliphatic carbocycles. The molecule has 9 heteroatoms. The van der Waals surface area contributed by atoms with Gasteiger partial charge in [-0.25, -0.2) is 10.8 Å². The molecule has 0 unspecified atom stereocenters. The summed E-state index contributed by atoms with van der Waals surface area (Å²) in [5, 5.41) is 11.3. The van der Waals surface area contributed by atoms with Gasteiger partial charge in [-0.15, -0.1) is 10.2 Å². The number of hydrogen-bond donors (Lipinski definition) is 3. The fourth-order valence-corrected chi connectivity index (χ4v) is 1.64. The zero-order valence-corrected chi connectivity index (χ0v) is 9.65. The lowest BCUT2D eigenvalue weighted by atomic mass is 10.4. The second-order valence-electron chi connectivity index (χ2n) is 3.01. The van der Waals surface area contributed by atoms with Crippen molar-refractivity contribution in [1.29, 1.82) is 0 Å². The van der Waals surface area contributed by atoms with Crippen LogP contribution >= 0.6 is 11.3 Å². The Labute approximate surface area is 100 Å². The number of carbonyl (C=O) groups excluding carboxylic acids is 1. The molecule has 17 heavy (non-hydrogen) atoms. The number of rotatable bonds is 3. The predicted octanol–water partition coefficient (Wildman–Crippen LogP) is 0.174. The van der Waals surface area contributed by atoms with E-state index in [9.17, 15) is 4.79 Å². The summed E-state index contributed by atoms with van der Waals surface area (Å²) in [5.41, 5.74) is 2.46. The minimum absolute atomic E-state index is 0.147. The van der Waals surface area contributed by atoms with Crippen molar-refractivity contribution in [1.82, 2.24) is 20.2 Å². The van der Waals surface area contributed by atoms with Crippen LogP contribution in [0, 0.1) is 6.92 Å². The van der Waals surface area contributed by atoms with E-state index in [0.29, 0.717) is 10.9 Å². The summed E-state index contributed by atoms with van der Waals surface area (Å²) in [6.07, 6.45) is 2.75. The minimum atomic E-state index is -0.411. The van der Waals surface area contributed by atoms with Crippen LogP contribution in [0.2, 0.25) is 0 Å². The molecule has 4 N–H and O–H groups in total. The second-order valence-corrected chi connectivity index (χ2v) is 4.20. The second kappa shape index (κ2) is 4.80. The van der Waals surface area contributed by atoms with Gasteiger partial charge in [0.15, 0.2) is 5.82 Å². The molecule has 0 saturated carbocycles. The van der Waals surface area contributed by atoms with Crippen LogP contribution in [-0.4, -0.2) is 26.1 Å². The van der Waals surface area contributed by atoms with Crippen LogP contribution in [0.5, 0.6) is 0 Å². The summed E-state index contributed by atoms with van der Waals surface area (Å²) >= 11 is 1.28. The van der Waals surface area contributed by atoms with Gasteiger partial charge < -0.3 is 5.43 Å². The van der Waals surface area contributed by atoms with E-state index in [1.165, 1.54) is 23.7 Å². The molecule has 0 aliphatic heterocycles. The van der Waals surface area contributed by atoms with Gasteiger partial charge in [0.2, 0.25) is 5.13 Å². The molecule has 0 radical (unpaired) electrons. The molecule has 0 atom stereocenters. The van der Waals surface area contributed by atoms with E-state index < -0.39 is 5.91 Å². The lowest BCUT2D eigenvalue weighted by Crippen LogP contribution is -2.16.